The summed E-state index contributed by atoms with van der Waals surface area (Å²) in [6, 6.07) is 0. The number of ether oxygens (including phenoxy) is 2. The van der Waals surface area contributed by atoms with E-state index in [2.05, 4.69) is 0 Å². The minimum atomic E-state index is -0.397. The van der Waals surface area contributed by atoms with Crippen molar-refractivity contribution in [3.63, 3.8) is 0 Å². The molecule has 3 heterocycles. The van der Waals surface area contributed by atoms with Crippen molar-refractivity contribution in [3.05, 3.63) is 12.2 Å². The van der Waals surface area contributed by atoms with Gasteiger partial charge < -0.3 is 9.47 Å². The van der Waals surface area contributed by atoms with Gasteiger partial charge >= 0.3 is 5.97 Å². The second-order valence-electron chi connectivity index (χ2n) is 4.07. The molecule has 64 valence electrons. The first kappa shape index (κ1) is 6.66. The molecule has 1 spiro atoms. The first-order chi connectivity index (χ1) is 5.64. The van der Waals surface area contributed by atoms with Crippen LogP contribution in [-0.4, -0.2) is 23.8 Å². The van der Waals surface area contributed by atoms with Gasteiger partial charge in [0.25, 0.3) is 0 Å². The Labute approximate surface area is 70.3 Å². The molecule has 0 aromatic heterocycles. The zero-order valence-corrected chi connectivity index (χ0v) is 6.87. The Morgan fingerprint density at radius 3 is 3.08 bits per heavy atom. The molecule has 0 aromatic rings. The molecule has 0 N–H and O–H groups in total. The maximum absolute atomic E-state index is 11.2. The van der Waals surface area contributed by atoms with Gasteiger partial charge in [-0.05, 0) is 19.4 Å². The molecule has 1 unspecified atom stereocenters. The molecule has 0 amide bonds. The van der Waals surface area contributed by atoms with Crippen LogP contribution in [0.5, 0.6) is 0 Å². The maximum Gasteiger partial charge on any atom is 0.312 e. The van der Waals surface area contributed by atoms with Gasteiger partial charge in [0.05, 0.1) is 11.5 Å². The van der Waals surface area contributed by atoms with Gasteiger partial charge in [-0.2, -0.15) is 0 Å². The van der Waals surface area contributed by atoms with Crippen molar-refractivity contribution in [2.24, 2.45) is 5.92 Å². The molecule has 3 nitrogen and oxygen atoms in total. The van der Waals surface area contributed by atoms with E-state index in [0.29, 0.717) is 6.61 Å². The highest BCUT2D eigenvalue weighted by Crippen LogP contribution is 2.52. The normalized spacial score (nSPS) is 54.4. The van der Waals surface area contributed by atoms with Crippen molar-refractivity contribution in [1.29, 1.82) is 0 Å². The fourth-order valence-corrected chi connectivity index (χ4v) is 2.44. The van der Waals surface area contributed by atoms with E-state index in [4.69, 9.17) is 9.47 Å². The summed E-state index contributed by atoms with van der Waals surface area (Å²) in [7, 11) is 0. The minimum Gasteiger partial charge on any atom is -0.462 e. The lowest BCUT2D eigenvalue weighted by atomic mass is 9.81. The molecule has 0 aliphatic carbocycles. The fourth-order valence-electron chi connectivity index (χ4n) is 2.44. The molecule has 0 saturated carbocycles. The third-order valence-corrected chi connectivity index (χ3v) is 3.06. The van der Waals surface area contributed by atoms with E-state index < -0.39 is 5.60 Å². The van der Waals surface area contributed by atoms with Gasteiger partial charge in [0.15, 0.2) is 0 Å². The average Bonchev–Trinajstić information content (AvgIpc) is 2.58. The molecule has 3 atom stereocenters. The highest BCUT2D eigenvalue weighted by atomic mass is 16.6. The molecule has 2 fully saturated rings. The first-order valence-corrected chi connectivity index (χ1v) is 4.21. The van der Waals surface area contributed by atoms with Crippen LogP contribution in [0.3, 0.4) is 0 Å². The Bertz CT molecular complexity index is 296. The van der Waals surface area contributed by atoms with Gasteiger partial charge in [-0.15, -0.1) is 0 Å². The summed E-state index contributed by atoms with van der Waals surface area (Å²) in [5.74, 6) is -0.143. The van der Waals surface area contributed by atoms with Crippen molar-refractivity contribution in [3.8, 4) is 0 Å². The second-order valence-corrected chi connectivity index (χ2v) is 4.07. The van der Waals surface area contributed by atoms with Crippen molar-refractivity contribution >= 4 is 5.97 Å². The number of cyclic esters (lactones) is 1. The summed E-state index contributed by atoms with van der Waals surface area (Å²) in [6.45, 7) is 2.42. The van der Waals surface area contributed by atoms with Crippen LogP contribution in [0, 0.1) is 5.92 Å². The van der Waals surface area contributed by atoms with E-state index in [1.165, 1.54) is 0 Å². The standard InChI is InChI=1S/C9H10O3/c1-8-2-3-9(12-8)5-11-7(10)6(9)4-8/h2-3,6H,4-5H2,1H3/t6?,8-,9-/m1/s1. The number of carbonyl (C=O) groups is 1. The average molecular weight is 166 g/mol. The van der Waals surface area contributed by atoms with Gasteiger partial charge in [-0.3, -0.25) is 4.79 Å². The van der Waals surface area contributed by atoms with Crippen molar-refractivity contribution in [2.45, 2.75) is 24.5 Å². The molecule has 12 heavy (non-hydrogen) atoms. The SMILES string of the molecule is C[C@@]12C=C[C@]3(COC(=O)C3C1)O2. The molecule has 3 aliphatic heterocycles. The van der Waals surface area contributed by atoms with E-state index in [9.17, 15) is 4.79 Å². The molecular weight excluding hydrogens is 156 g/mol. The van der Waals surface area contributed by atoms with Crippen LogP contribution in [0.15, 0.2) is 12.2 Å². The molecule has 0 aromatic carbocycles. The highest BCUT2D eigenvalue weighted by molar-refractivity contribution is 5.78. The minimum absolute atomic E-state index is 0.0486. The van der Waals surface area contributed by atoms with E-state index in [1.54, 1.807) is 0 Å². The Balaban J connectivity index is 2.10. The van der Waals surface area contributed by atoms with Crippen LogP contribution >= 0.6 is 0 Å². The Kier molecular flexibility index (Phi) is 0.884. The predicted molar refractivity (Wildman–Crippen MR) is 40.4 cm³/mol. The lowest BCUT2D eigenvalue weighted by Gasteiger charge is -2.18. The van der Waals surface area contributed by atoms with Gasteiger partial charge in [0.1, 0.15) is 12.2 Å². The quantitative estimate of drug-likeness (QED) is 0.391. The number of fused-ring (bicyclic) bond motifs is 1. The monoisotopic (exact) mass is 166 g/mol. The lowest BCUT2D eigenvalue weighted by molar-refractivity contribution is -0.142. The molecular formula is C9H10O3. The number of rotatable bonds is 0. The molecule has 0 radical (unpaired) electrons. The summed E-state index contributed by atoms with van der Waals surface area (Å²) in [5.41, 5.74) is -0.601. The summed E-state index contributed by atoms with van der Waals surface area (Å²) in [4.78, 5) is 11.2. The number of hydrogen-bond acceptors (Lipinski definition) is 3. The summed E-state index contributed by atoms with van der Waals surface area (Å²) < 4.78 is 10.8. The number of carbonyl (C=O) groups excluding carboxylic acids is 1. The van der Waals surface area contributed by atoms with Gasteiger partial charge in [0, 0.05) is 0 Å². The van der Waals surface area contributed by atoms with Crippen molar-refractivity contribution in [1.82, 2.24) is 0 Å². The molecule has 3 heteroatoms. The summed E-state index contributed by atoms with van der Waals surface area (Å²) in [5, 5.41) is 0. The smallest absolute Gasteiger partial charge is 0.312 e. The fraction of sp³-hybridized carbons (Fsp3) is 0.667. The topological polar surface area (TPSA) is 35.5 Å². The number of esters is 1. The van der Waals surface area contributed by atoms with Crippen LogP contribution in [0.25, 0.3) is 0 Å². The van der Waals surface area contributed by atoms with E-state index >= 15 is 0 Å². The predicted octanol–water partition coefficient (Wildman–Crippen LogP) is 0.647. The highest BCUT2D eigenvalue weighted by Gasteiger charge is 2.63. The molecule has 2 saturated heterocycles. The van der Waals surface area contributed by atoms with Crippen LogP contribution in [0.2, 0.25) is 0 Å². The van der Waals surface area contributed by atoms with Gasteiger partial charge in [-0.1, -0.05) is 6.08 Å². The third kappa shape index (κ3) is 0.556. The van der Waals surface area contributed by atoms with Crippen LogP contribution in [0.4, 0.5) is 0 Å². The lowest BCUT2D eigenvalue weighted by Crippen LogP contribution is -2.31. The maximum atomic E-state index is 11.2. The molecule has 3 aliphatic rings. The van der Waals surface area contributed by atoms with E-state index in [0.717, 1.165) is 6.42 Å². The van der Waals surface area contributed by atoms with Crippen molar-refractivity contribution in [2.75, 3.05) is 6.61 Å². The van der Waals surface area contributed by atoms with E-state index in [1.807, 2.05) is 19.1 Å². The van der Waals surface area contributed by atoms with Crippen molar-refractivity contribution < 1.29 is 14.3 Å². The first-order valence-electron chi connectivity index (χ1n) is 4.21. The summed E-state index contributed by atoms with van der Waals surface area (Å²) in [6.07, 6.45) is 4.82. The third-order valence-electron chi connectivity index (χ3n) is 3.06. The van der Waals surface area contributed by atoms with Crippen LogP contribution < -0.4 is 0 Å². The van der Waals surface area contributed by atoms with Crippen LogP contribution in [-0.2, 0) is 14.3 Å². The second kappa shape index (κ2) is 1.59. The zero-order chi connectivity index (χ0) is 8.40. The Morgan fingerprint density at radius 2 is 2.42 bits per heavy atom. The summed E-state index contributed by atoms with van der Waals surface area (Å²) >= 11 is 0. The zero-order valence-electron chi connectivity index (χ0n) is 6.87. The number of hydrogen-bond donors (Lipinski definition) is 0. The molecule has 3 rings (SSSR count). The Hall–Kier alpha value is -0.830. The van der Waals surface area contributed by atoms with Gasteiger partial charge in [0.2, 0.25) is 0 Å². The van der Waals surface area contributed by atoms with E-state index in [-0.39, 0.29) is 17.5 Å². The largest absolute Gasteiger partial charge is 0.462 e. The Morgan fingerprint density at radius 1 is 1.58 bits per heavy atom. The molecule has 2 bridgehead atoms. The van der Waals surface area contributed by atoms with Crippen LogP contribution in [0.1, 0.15) is 13.3 Å². The van der Waals surface area contributed by atoms with Gasteiger partial charge in [-0.25, -0.2) is 0 Å².